The Hall–Kier alpha value is -7.38. The van der Waals surface area contributed by atoms with Crippen molar-refractivity contribution in [2.75, 3.05) is 0 Å². The molecule has 0 unspecified atom stereocenters. The largest absolute Gasteiger partial charge is 0.434 e. The third-order valence-corrected chi connectivity index (χ3v) is 11.6. The molecular formula is C49H32N6O. The van der Waals surface area contributed by atoms with Crippen molar-refractivity contribution in [3.63, 3.8) is 0 Å². The second kappa shape index (κ2) is 11.3. The molecule has 7 aromatic carbocycles. The van der Waals surface area contributed by atoms with E-state index < -0.39 is 0 Å². The minimum atomic E-state index is -0.190. The number of aromatic nitrogens is 6. The van der Waals surface area contributed by atoms with Gasteiger partial charge in [-0.05, 0) is 64.7 Å². The first-order chi connectivity index (χ1) is 27.5. The Morgan fingerprint density at radius 2 is 1.11 bits per heavy atom. The van der Waals surface area contributed by atoms with Crippen LogP contribution in [-0.2, 0) is 5.41 Å². The van der Waals surface area contributed by atoms with E-state index in [1.807, 2.05) is 24.3 Å². The standard InChI is InChI=1S/C49H32N6O/c1-49(2)37-19-9-6-16-31(37)32-25-24-29(28-38(32)49)45-51-46(47-50-39-20-10-13-23-42(39)56-47)53-48(52-45)55-41-22-12-8-18-34(41)36-27-26-35-33-17-7-11-21-40(33)54(43(35)44(36)55)30-14-4-3-5-15-30/h3-28H,1-2H3. The molecule has 56 heavy (non-hydrogen) atoms. The van der Waals surface area contributed by atoms with E-state index in [0.717, 1.165) is 55.0 Å². The molecule has 0 N–H and O–H groups in total. The monoisotopic (exact) mass is 720 g/mol. The van der Waals surface area contributed by atoms with Gasteiger partial charge in [0.05, 0.1) is 22.1 Å². The molecule has 0 amide bonds. The Morgan fingerprint density at radius 1 is 0.482 bits per heavy atom. The maximum Gasteiger partial charge on any atom is 0.266 e. The number of fused-ring (bicyclic) bond motifs is 11. The van der Waals surface area contributed by atoms with E-state index in [1.54, 1.807) is 0 Å². The van der Waals surface area contributed by atoms with Gasteiger partial charge in [-0.1, -0.05) is 129 Å². The summed E-state index contributed by atoms with van der Waals surface area (Å²) >= 11 is 0. The predicted octanol–water partition coefficient (Wildman–Crippen LogP) is 11.8. The maximum atomic E-state index is 6.35. The fraction of sp³-hybridized carbons (Fsp3) is 0.0612. The smallest absolute Gasteiger partial charge is 0.266 e. The average molecular weight is 721 g/mol. The molecule has 12 rings (SSSR count). The molecule has 7 nitrogen and oxygen atoms in total. The summed E-state index contributed by atoms with van der Waals surface area (Å²) < 4.78 is 10.9. The van der Waals surface area contributed by atoms with Crippen molar-refractivity contribution >= 4 is 54.7 Å². The van der Waals surface area contributed by atoms with E-state index in [4.69, 9.17) is 24.4 Å². The normalized spacial score (nSPS) is 13.3. The fourth-order valence-corrected chi connectivity index (χ4v) is 9.05. The zero-order valence-corrected chi connectivity index (χ0v) is 30.6. The van der Waals surface area contributed by atoms with Crippen molar-refractivity contribution < 1.29 is 4.42 Å². The molecule has 0 bridgehead atoms. The highest BCUT2D eigenvalue weighted by Gasteiger charge is 2.35. The van der Waals surface area contributed by atoms with Crippen LogP contribution >= 0.6 is 0 Å². The van der Waals surface area contributed by atoms with Crippen LogP contribution in [0.4, 0.5) is 0 Å². The van der Waals surface area contributed by atoms with E-state index >= 15 is 0 Å². The van der Waals surface area contributed by atoms with Gasteiger partial charge in [-0.15, -0.1) is 0 Å². The number of hydrogen-bond donors (Lipinski definition) is 0. The molecule has 0 atom stereocenters. The molecule has 1 aliphatic rings. The first-order valence-electron chi connectivity index (χ1n) is 18.9. The third kappa shape index (κ3) is 4.28. The molecule has 4 aromatic heterocycles. The summed E-state index contributed by atoms with van der Waals surface area (Å²) in [5.41, 5.74) is 12.5. The summed E-state index contributed by atoms with van der Waals surface area (Å²) in [6.45, 7) is 4.58. The van der Waals surface area contributed by atoms with Gasteiger partial charge in [0.15, 0.2) is 11.4 Å². The molecule has 0 fully saturated rings. The van der Waals surface area contributed by atoms with E-state index in [1.165, 1.54) is 27.6 Å². The summed E-state index contributed by atoms with van der Waals surface area (Å²) in [7, 11) is 0. The second-order valence-corrected chi connectivity index (χ2v) is 15.1. The van der Waals surface area contributed by atoms with E-state index in [-0.39, 0.29) is 5.41 Å². The zero-order chi connectivity index (χ0) is 37.1. The summed E-state index contributed by atoms with van der Waals surface area (Å²) in [5.74, 6) is 1.74. The Morgan fingerprint density at radius 3 is 1.89 bits per heavy atom. The van der Waals surface area contributed by atoms with Crippen LogP contribution in [0.3, 0.4) is 0 Å². The highest BCUT2D eigenvalue weighted by molar-refractivity contribution is 6.23. The predicted molar refractivity (Wildman–Crippen MR) is 225 cm³/mol. The van der Waals surface area contributed by atoms with Gasteiger partial charge in [0, 0.05) is 38.2 Å². The molecule has 0 radical (unpaired) electrons. The SMILES string of the molecule is CC1(C)c2ccccc2-c2ccc(-c3nc(-c4nc5ccccc5o4)nc(-n4c5ccccc5c5ccc6c7ccccc7n(-c7ccccc7)c6c54)n3)cc21. The van der Waals surface area contributed by atoms with E-state index in [0.29, 0.717) is 29.1 Å². The van der Waals surface area contributed by atoms with Crippen molar-refractivity contribution in [3.8, 4) is 45.9 Å². The van der Waals surface area contributed by atoms with E-state index in [9.17, 15) is 0 Å². The number of rotatable bonds is 4. The zero-order valence-electron chi connectivity index (χ0n) is 30.6. The van der Waals surface area contributed by atoms with Gasteiger partial charge in [0.2, 0.25) is 11.8 Å². The molecule has 11 aromatic rings. The molecule has 1 aliphatic carbocycles. The third-order valence-electron chi connectivity index (χ3n) is 11.6. The molecular weight excluding hydrogens is 689 g/mol. The lowest BCUT2D eigenvalue weighted by Crippen LogP contribution is -2.15. The molecule has 264 valence electrons. The number of oxazole rings is 1. The van der Waals surface area contributed by atoms with Crippen molar-refractivity contribution in [1.29, 1.82) is 0 Å². The highest BCUT2D eigenvalue weighted by Crippen LogP contribution is 2.49. The Bertz CT molecular complexity index is 3370. The van der Waals surface area contributed by atoms with Gasteiger partial charge in [-0.25, -0.2) is 9.97 Å². The summed E-state index contributed by atoms with van der Waals surface area (Å²) in [6, 6.07) is 55.2. The first kappa shape index (κ1) is 31.0. The molecule has 7 heteroatoms. The quantitative estimate of drug-likeness (QED) is 0.181. The summed E-state index contributed by atoms with van der Waals surface area (Å²) in [4.78, 5) is 20.6. The Kier molecular flexibility index (Phi) is 6.27. The molecule has 0 saturated carbocycles. The fourth-order valence-electron chi connectivity index (χ4n) is 9.05. The second-order valence-electron chi connectivity index (χ2n) is 15.1. The van der Waals surface area contributed by atoms with Gasteiger partial charge in [0.25, 0.3) is 5.89 Å². The van der Waals surface area contributed by atoms with E-state index in [2.05, 4.69) is 156 Å². The minimum Gasteiger partial charge on any atom is -0.434 e. The summed E-state index contributed by atoms with van der Waals surface area (Å²) in [5, 5.41) is 4.54. The molecule has 0 aliphatic heterocycles. The van der Waals surface area contributed by atoms with Crippen LogP contribution in [0.25, 0.3) is 101 Å². The Labute approximate surface area is 321 Å². The van der Waals surface area contributed by atoms with Gasteiger partial charge in [-0.2, -0.15) is 9.97 Å². The van der Waals surface area contributed by atoms with Gasteiger partial charge in [0.1, 0.15) is 5.52 Å². The number of para-hydroxylation sites is 5. The van der Waals surface area contributed by atoms with Crippen molar-refractivity contribution in [1.82, 2.24) is 29.1 Å². The van der Waals surface area contributed by atoms with Gasteiger partial charge >= 0.3 is 0 Å². The van der Waals surface area contributed by atoms with Crippen LogP contribution in [0.5, 0.6) is 0 Å². The van der Waals surface area contributed by atoms with Crippen LogP contribution in [0.2, 0.25) is 0 Å². The lowest BCUT2D eigenvalue weighted by Gasteiger charge is -2.21. The van der Waals surface area contributed by atoms with Gasteiger partial charge < -0.3 is 8.98 Å². The lowest BCUT2D eigenvalue weighted by atomic mass is 9.82. The van der Waals surface area contributed by atoms with Crippen LogP contribution in [0, 0.1) is 0 Å². The van der Waals surface area contributed by atoms with Crippen molar-refractivity contribution in [2.24, 2.45) is 0 Å². The van der Waals surface area contributed by atoms with Gasteiger partial charge in [-0.3, -0.25) is 4.57 Å². The van der Waals surface area contributed by atoms with Crippen LogP contribution in [0.1, 0.15) is 25.0 Å². The number of benzene rings is 7. The highest BCUT2D eigenvalue weighted by atomic mass is 16.3. The van der Waals surface area contributed by atoms with Crippen LogP contribution < -0.4 is 0 Å². The average Bonchev–Trinajstić information content (AvgIpc) is 3.98. The Balaban J connectivity index is 1.19. The van der Waals surface area contributed by atoms with Crippen LogP contribution in [-0.4, -0.2) is 29.1 Å². The first-order valence-corrected chi connectivity index (χ1v) is 18.9. The topological polar surface area (TPSA) is 74.6 Å². The number of hydrogen-bond acceptors (Lipinski definition) is 5. The summed E-state index contributed by atoms with van der Waals surface area (Å²) in [6.07, 6.45) is 0. The molecule has 0 saturated heterocycles. The van der Waals surface area contributed by atoms with Crippen molar-refractivity contribution in [2.45, 2.75) is 19.3 Å². The van der Waals surface area contributed by atoms with Crippen molar-refractivity contribution in [3.05, 3.63) is 169 Å². The maximum absolute atomic E-state index is 6.35. The minimum absolute atomic E-state index is 0.190. The number of nitrogens with zero attached hydrogens (tertiary/aromatic N) is 6. The molecule has 0 spiro atoms. The lowest BCUT2D eigenvalue weighted by molar-refractivity contribution is 0.612. The molecule has 4 heterocycles. The van der Waals surface area contributed by atoms with Crippen LogP contribution in [0.15, 0.2) is 162 Å².